The molecule has 0 spiro atoms. The Bertz CT molecular complexity index is 1230. The highest BCUT2D eigenvalue weighted by Gasteiger charge is 2.30. The van der Waals surface area contributed by atoms with E-state index in [9.17, 15) is 24.0 Å². The number of amides is 5. The van der Waals surface area contributed by atoms with Gasteiger partial charge in [0, 0.05) is 42.5 Å². The van der Waals surface area contributed by atoms with Crippen LogP contribution in [0.15, 0.2) is 36.4 Å². The number of urea groups is 1. The monoisotopic (exact) mass is 510 g/mol. The van der Waals surface area contributed by atoms with Crippen LogP contribution in [-0.4, -0.2) is 50.0 Å². The fourth-order valence-electron chi connectivity index (χ4n) is 3.73. The molecule has 1 aliphatic rings. The third-order valence-electron chi connectivity index (χ3n) is 5.53. The maximum Gasteiger partial charge on any atom is 0.328 e. The molecule has 0 atom stereocenters. The fourth-order valence-corrected chi connectivity index (χ4v) is 3.73. The predicted molar refractivity (Wildman–Crippen MR) is 137 cm³/mol. The zero-order valence-electron chi connectivity index (χ0n) is 21.4. The van der Waals surface area contributed by atoms with Crippen molar-refractivity contribution in [3.63, 3.8) is 0 Å². The summed E-state index contributed by atoms with van der Waals surface area (Å²) in [5.74, 6) is -1.50. The van der Waals surface area contributed by atoms with E-state index in [0.717, 1.165) is 0 Å². The van der Waals surface area contributed by atoms with Crippen LogP contribution in [0.1, 0.15) is 50.0 Å². The Labute approximate surface area is 214 Å². The van der Waals surface area contributed by atoms with Crippen molar-refractivity contribution < 1.29 is 33.4 Å². The maximum atomic E-state index is 13.4. The van der Waals surface area contributed by atoms with Gasteiger partial charge in [0.15, 0.2) is 6.61 Å². The van der Waals surface area contributed by atoms with Gasteiger partial charge in [-0.15, -0.1) is 0 Å². The molecule has 37 heavy (non-hydrogen) atoms. The van der Waals surface area contributed by atoms with E-state index in [1.807, 2.05) is 20.8 Å². The molecular weight excluding hydrogens is 480 g/mol. The highest BCUT2D eigenvalue weighted by molar-refractivity contribution is 6.09. The van der Waals surface area contributed by atoms with Crippen molar-refractivity contribution in [3.05, 3.63) is 47.5 Å². The Balaban J connectivity index is 1.87. The second-order valence-corrected chi connectivity index (χ2v) is 9.44. The molecule has 0 bridgehead atoms. The first-order chi connectivity index (χ1) is 17.4. The van der Waals surface area contributed by atoms with Gasteiger partial charge in [-0.05, 0) is 41.8 Å². The minimum absolute atomic E-state index is 0.147. The summed E-state index contributed by atoms with van der Waals surface area (Å²) in [6.07, 6.45) is 0.147. The van der Waals surface area contributed by atoms with Gasteiger partial charge in [0.2, 0.25) is 5.91 Å². The molecule has 5 amide bonds. The maximum absolute atomic E-state index is 13.4. The zero-order chi connectivity index (χ0) is 27.3. The number of esters is 1. The molecule has 3 rings (SSSR count). The molecule has 1 aliphatic heterocycles. The van der Waals surface area contributed by atoms with Gasteiger partial charge in [-0.2, -0.15) is 0 Å². The fraction of sp³-hybridized carbons (Fsp3) is 0.346. The van der Waals surface area contributed by atoms with Crippen molar-refractivity contribution in [2.75, 3.05) is 35.8 Å². The quantitative estimate of drug-likeness (QED) is 0.486. The lowest BCUT2D eigenvalue weighted by molar-refractivity contribution is -0.144. The summed E-state index contributed by atoms with van der Waals surface area (Å²) < 4.78 is 10.3. The first kappa shape index (κ1) is 27.2. The molecular formula is C26H30N4O7. The van der Waals surface area contributed by atoms with Crippen LogP contribution in [0, 0.1) is 0 Å². The Morgan fingerprint density at radius 3 is 2.19 bits per heavy atom. The summed E-state index contributed by atoms with van der Waals surface area (Å²) in [5.41, 5.74) is 1.88. The van der Waals surface area contributed by atoms with Crippen molar-refractivity contribution in [3.8, 4) is 5.75 Å². The SMILES string of the molecule is COc1c(C(=O)Nc2ccc(NC(=O)COC(C)=O)cc2)cc(N2CCC(=O)NC2=O)cc1C(C)(C)C. The molecule has 3 N–H and O–H groups in total. The molecule has 1 fully saturated rings. The van der Waals surface area contributed by atoms with Crippen LogP contribution < -0.4 is 25.6 Å². The number of methoxy groups -OCH3 is 1. The number of hydrogen-bond donors (Lipinski definition) is 3. The first-order valence-electron chi connectivity index (χ1n) is 11.6. The van der Waals surface area contributed by atoms with E-state index in [1.54, 1.807) is 36.4 Å². The Morgan fingerprint density at radius 1 is 1.03 bits per heavy atom. The number of benzene rings is 2. The number of anilines is 3. The summed E-state index contributed by atoms with van der Waals surface area (Å²) in [7, 11) is 1.47. The normalized spacial score (nSPS) is 13.5. The first-order valence-corrected chi connectivity index (χ1v) is 11.6. The van der Waals surface area contributed by atoms with Crippen LogP contribution >= 0.6 is 0 Å². The van der Waals surface area contributed by atoms with E-state index in [4.69, 9.17) is 4.74 Å². The van der Waals surface area contributed by atoms with Gasteiger partial charge >= 0.3 is 12.0 Å². The summed E-state index contributed by atoms with van der Waals surface area (Å²) in [4.78, 5) is 61.6. The summed E-state index contributed by atoms with van der Waals surface area (Å²) >= 11 is 0. The van der Waals surface area contributed by atoms with Gasteiger partial charge in [-0.25, -0.2) is 4.79 Å². The van der Waals surface area contributed by atoms with Gasteiger partial charge < -0.3 is 20.1 Å². The molecule has 196 valence electrons. The summed E-state index contributed by atoms with van der Waals surface area (Å²) in [5, 5.41) is 7.69. The van der Waals surface area contributed by atoms with Crippen molar-refractivity contribution >= 4 is 46.8 Å². The lowest BCUT2D eigenvalue weighted by Gasteiger charge is -2.30. The van der Waals surface area contributed by atoms with Crippen LogP contribution in [-0.2, 0) is 24.5 Å². The molecule has 2 aromatic rings. The highest BCUT2D eigenvalue weighted by atomic mass is 16.5. The third-order valence-corrected chi connectivity index (χ3v) is 5.53. The molecule has 11 nitrogen and oxygen atoms in total. The van der Waals surface area contributed by atoms with Gasteiger partial charge in [-0.3, -0.25) is 29.4 Å². The van der Waals surface area contributed by atoms with Crippen LogP contribution in [0.2, 0.25) is 0 Å². The Kier molecular flexibility index (Phi) is 8.16. The number of rotatable bonds is 7. The van der Waals surface area contributed by atoms with Crippen LogP contribution in [0.3, 0.4) is 0 Å². The van der Waals surface area contributed by atoms with E-state index in [2.05, 4.69) is 20.7 Å². The van der Waals surface area contributed by atoms with E-state index >= 15 is 0 Å². The van der Waals surface area contributed by atoms with Crippen LogP contribution in [0.5, 0.6) is 5.75 Å². The largest absolute Gasteiger partial charge is 0.496 e. The number of ether oxygens (including phenoxy) is 2. The third kappa shape index (κ3) is 6.84. The number of nitrogens with zero attached hydrogens (tertiary/aromatic N) is 1. The molecule has 1 saturated heterocycles. The van der Waals surface area contributed by atoms with Gasteiger partial charge in [0.05, 0.1) is 12.7 Å². The molecule has 0 aromatic heterocycles. The van der Waals surface area contributed by atoms with Gasteiger partial charge in [0.1, 0.15) is 5.75 Å². The van der Waals surface area contributed by atoms with E-state index in [-0.39, 0.29) is 24.4 Å². The molecule has 1 heterocycles. The minimum atomic E-state index is -0.559. The predicted octanol–water partition coefficient (Wildman–Crippen LogP) is 3.19. The molecule has 2 aromatic carbocycles. The van der Waals surface area contributed by atoms with E-state index < -0.39 is 35.8 Å². The van der Waals surface area contributed by atoms with Gasteiger partial charge in [0.25, 0.3) is 11.8 Å². The molecule has 0 aliphatic carbocycles. The molecule has 0 unspecified atom stereocenters. The zero-order valence-corrected chi connectivity index (χ0v) is 21.4. The van der Waals surface area contributed by atoms with Crippen molar-refractivity contribution in [2.24, 2.45) is 0 Å². The average Bonchev–Trinajstić information content (AvgIpc) is 2.82. The lowest BCUT2D eigenvalue weighted by Crippen LogP contribution is -2.49. The molecule has 11 heteroatoms. The second-order valence-electron chi connectivity index (χ2n) is 9.44. The van der Waals surface area contributed by atoms with E-state index in [0.29, 0.717) is 28.4 Å². The number of carbonyl (C=O) groups excluding carboxylic acids is 5. The minimum Gasteiger partial charge on any atom is -0.496 e. The van der Waals surface area contributed by atoms with Crippen LogP contribution in [0.4, 0.5) is 21.9 Å². The Hall–Kier alpha value is -4.41. The molecule has 0 radical (unpaired) electrons. The molecule has 0 saturated carbocycles. The average molecular weight is 511 g/mol. The number of nitrogens with one attached hydrogen (secondary N) is 3. The summed E-state index contributed by atoms with van der Waals surface area (Å²) in [6, 6.07) is 9.17. The van der Waals surface area contributed by atoms with Gasteiger partial charge in [-0.1, -0.05) is 20.8 Å². The summed E-state index contributed by atoms with van der Waals surface area (Å²) in [6.45, 7) is 6.89. The van der Waals surface area contributed by atoms with Crippen LogP contribution in [0.25, 0.3) is 0 Å². The number of carbonyl (C=O) groups is 5. The topological polar surface area (TPSA) is 143 Å². The van der Waals surface area contributed by atoms with E-state index in [1.165, 1.54) is 18.9 Å². The van der Waals surface area contributed by atoms with Crippen molar-refractivity contribution in [1.29, 1.82) is 0 Å². The highest BCUT2D eigenvalue weighted by Crippen LogP contribution is 2.38. The number of hydrogen-bond acceptors (Lipinski definition) is 7. The smallest absolute Gasteiger partial charge is 0.328 e. The Morgan fingerprint density at radius 2 is 1.65 bits per heavy atom. The van der Waals surface area contributed by atoms with Crippen molar-refractivity contribution in [1.82, 2.24) is 5.32 Å². The standard InChI is InChI=1S/C26H30N4O7/c1-15(31)37-14-22(33)27-16-6-8-17(9-7-16)28-24(34)19-12-18(30-11-10-21(32)29-25(30)35)13-20(23(19)36-5)26(2,3)4/h6-9,12-13H,10-11,14H2,1-5H3,(H,27,33)(H,28,34)(H,29,32,35). The number of imide groups is 1. The lowest BCUT2D eigenvalue weighted by atomic mass is 9.84. The van der Waals surface area contributed by atoms with Crippen molar-refractivity contribution in [2.45, 2.75) is 39.5 Å². The second kappa shape index (κ2) is 11.1.